The Hall–Kier alpha value is -5.97. The lowest BCUT2D eigenvalue weighted by Crippen LogP contribution is -2.00. The van der Waals surface area contributed by atoms with Crippen molar-refractivity contribution in [3.05, 3.63) is 164 Å². The molecular weight excluding hydrogens is 591 g/mol. The Balaban J connectivity index is 1.34. The van der Waals surface area contributed by atoms with Crippen molar-refractivity contribution in [3.63, 3.8) is 0 Å². The van der Waals surface area contributed by atoms with Crippen molar-refractivity contribution < 1.29 is 0 Å². The minimum atomic E-state index is 0.904. The summed E-state index contributed by atoms with van der Waals surface area (Å²) >= 11 is 1.87. The van der Waals surface area contributed by atoms with E-state index in [0.717, 1.165) is 39.4 Å². The second kappa shape index (κ2) is 10.3. The van der Waals surface area contributed by atoms with E-state index >= 15 is 0 Å². The van der Waals surface area contributed by atoms with Gasteiger partial charge >= 0.3 is 0 Å². The van der Waals surface area contributed by atoms with Crippen LogP contribution in [0.3, 0.4) is 0 Å². The zero-order chi connectivity index (χ0) is 30.9. The maximum atomic E-state index is 5.41. The van der Waals surface area contributed by atoms with Gasteiger partial charge in [0.05, 0.1) is 22.2 Å². The molecule has 47 heavy (non-hydrogen) atoms. The van der Waals surface area contributed by atoms with Gasteiger partial charge < -0.3 is 4.57 Å². The number of hydrogen-bond donors (Lipinski definition) is 0. The molecule has 0 N–H and O–H groups in total. The summed E-state index contributed by atoms with van der Waals surface area (Å²) in [6.45, 7) is 0. The van der Waals surface area contributed by atoms with E-state index in [0.29, 0.717) is 0 Å². The number of rotatable bonds is 4. The van der Waals surface area contributed by atoms with Crippen LogP contribution in [0.5, 0.6) is 0 Å². The summed E-state index contributed by atoms with van der Waals surface area (Å²) in [6, 6.07) is 56.6. The normalized spacial score (nSPS) is 11.8. The van der Waals surface area contributed by atoms with Crippen molar-refractivity contribution in [2.75, 3.05) is 0 Å². The van der Waals surface area contributed by atoms with Gasteiger partial charge in [0.25, 0.3) is 0 Å². The summed E-state index contributed by atoms with van der Waals surface area (Å²) in [7, 11) is 0. The van der Waals surface area contributed by atoms with Crippen molar-refractivity contribution in [1.29, 1.82) is 0 Å². The summed E-state index contributed by atoms with van der Waals surface area (Å²) in [6.07, 6.45) is 2.18. The number of benzene rings is 6. The molecular formula is C43H27N3S. The van der Waals surface area contributed by atoms with E-state index in [-0.39, 0.29) is 0 Å². The van der Waals surface area contributed by atoms with Crippen LogP contribution in [0, 0.1) is 0 Å². The highest BCUT2D eigenvalue weighted by Gasteiger charge is 2.19. The molecule has 220 valence electrons. The highest BCUT2D eigenvalue weighted by molar-refractivity contribution is 7.25. The number of hydrogen-bond acceptors (Lipinski definition) is 2. The van der Waals surface area contributed by atoms with Gasteiger partial charge in [-0.1, -0.05) is 97.1 Å². The van der Waals surface area contributed by atoms with Gasteiger partial charge in [-0.25, -0.2) is 4.98 Å². The van der Waals surface area contributed by atoms with Gasteiger partial charge in [0, 0.05) is 53.8 Å². The minimum absolute atomic E-state index is 0.904. The number of pyridine rings is 1. The number of aromatic nitrogens is 3. The van der Waals surface area contributed by atoms with Crippen LogP contribution in [-0.4, -0.2) is 14.1 Å². The average Bonchev–Trinajstić information content (AvgIpc) is 3.81. The van der Waals surface area contributed by atoms with Crippen molar-refractivity contribution >= 4 is 64.2 Å². The number of fused-ring (bicyclic) bond motifs is 7. The highest BCUT2D eigenvalue weighted by atomic mass is 32.1. The van der Waals surface area contributed by atoms with E-state index in [1.54, 1.807) is 0 Å². The van der Waals surface area contributed by atoms with E-state index in [1.165, 1.54) is 47.4 Å². The van der Waals surface area contributed by atoms with Crippen LogP contribution in [0.15, 0.2) is 164 Å². The van der Waals surface area contributed by atoms with Gasteiger partial charge in [-0.2, -0.15) is 0 Å². The Labute approximate surface area is 275 Å². The largest absolute Gasteiger partial charge is 0.316 e. The molecule has 0 radical (unpaired) electrons. The molecule has 4 heteroatoms. The predicted octanol–water partition coefficient (Wildman–Crippen LogP) is 11.8. The molecule has 4 aromatic heterocycles. The fourth-order valence-electron chi connectivity index (χ4n) is 7.11. The van der Waals surface area contributed by atoms with E-state index in [2.05, 4.69) is 173 Å². The quantitative estimate of drug-likeness (QED) is 0.193. The molecule has 0 saturated carbocycles. The number of nitrogens with zero attached hydrogens (tertiary/aromatic N) is 3. The van der Waals surface area contributed by atoms with E-state index in [1.807, 2.05) is 11.3 Å². The third-order valence-electron chi connectivity index (χ3n) is 9.33. The third kappa shape index (κ3) is 4.16. The van der Waals surface area contributed by atoms with Gasteiger partial charge in [0.1, 0.15) is 5.82 Å². The summed E-state index contributed by atoms with van der Waals surface area (Å²) in [5, 5.41) is 6.26. The van der Waals surface area contributed by atoms with E-state index in [9.17, 15) is 0 Å². The van der Waals surface area contributed by atoms with Gasteiger partial charge in [0.15, 0.2) is 0 Å². The van der Waals surface area contributed by atoms with E-state index < -0.39 is 0 Å². The fourth-order valence-corrected chi connectivity index (χ4v) is 8.23. The van der Waals surface area contributed by atoms with Gasteiger partial charge in [-0.05, 0) is 71.8 Å². The van der Waals surface area contributed by atoms with Crippen LogP contribution in [0.4, 0.5) is 0 Å². The molecule has 0 saturated heterocycles. The van der Waals surface area contributed by atoms with Crippen molar-refractivity contribution in [2.24, 2.45) is 0 Å². The molecule has 0 aliphatic heterocycles. The number of para-hydroxylation sites is 1. The molecule has 0 unspecified atom stereocenters. The standard InChI is InChI=1S/C43H27N3S/c1-4-12-28(13-5-1)31-23-37(29-14-6-2-7-15-29)44-43(24-31)46-39-25-36-33-18-10-11-19-41(33)47-42(36)26-35(39)34-22-30-20-21-45(38(30)27-40(34)46)32-16-8-3-9-17-32/h1-27H. The van der Waals surface area contributed by atoms with Gasteiger partial charge in [-0.15, -0.1) is 11.3 Å². The van der Waals surface area contributed by atoms with Gasteiger partial charge in [0.2, 0.25) is 0 Å². The van der Waals surface area contributed by atoms with Gasteiger partial charge in [-0.3, -0.25) is 4.57 Å². The van der Waals surface area contributed by atoms with E-state index in [4.69, 9.17) is 4.98 Å². The zero-order valence-corrected chi connectivity index (χ0v) is 26.2. The van der Waals surface area contributed by atoms with Crippen molar-refractivity contribution in [2.45, 2.75) is 0 Å². The monoisotopic (exact) mass is 617 g/mol. The van der Waals surface area contributed by atoms with Crippen LogP contribution in [0.25, 0.3) is 86.8 Å². The smallest absolute Gasteiger partial charge is 0.138 e. The van der Waals surface area contributed by atoms with Crippen LogP contribution < -0.4 is 0 Å². The molecule has 0 aliphatic rings. The average molecular weight is 618 g/mol. The Kier molecular flexibility index (Phi) is 5.74. The summed E-state index contributed by atoms with van der Waals surface area (Å²) in [5.41, 5.74) is 8.97. The lowest BCUT2D eigenvalue weighted by atomic mass is 10.0. The Bertz CT molecular complexity index is 2710. The molecule has 10 aromatic rings. The first-order valence-electron chi connectivity index (χ1n) is 15.9. The van der Waals surface area contributed by atoms with Crippen LogP contribution in [0.1, 0.15) is 0 Å². The predicted molar refractivity (Wildman–Crippen MR) is 199 cm³/mol. The Morgan fingerprint density at radius 2 is 1.13 bits per heavy atom. The van der Waals surface area contributed by atoms with Crippen molar-refractivity contribution in [1.82, 2.24) is 14.1 Å². The second-order valence-corrected chi connectivity index (χ2v) is 13.2. The molecule has 3 nitrogen and oxygen atoms in total. The maximum Gasteiger partial charge on any atom is 0.138 e. The molecule has 0 atom stereocenters. The first-order chi connectivity index (χ1) is 23.3. The lowest BCUT2D eigenvalue weighted by molar-refractivity contribution is 1.08. The highest BCUT2D eigenvalue weighted by Crippen LogP contribution is 2.42. The molecule has 10 rings (SSSR count). The maximum absolute atomic E-state index is 5.41. The Morgan fingerprint density at radius 1 is 0.447 bits per heavy atom. The third-order valence-corrected chi connectivity index (χ3v) is 10.5. The minimum Gasteiger partial charge on any atom is -0.316 e. The molecule has 0 amide bonds. The number of thiophene rings is 1. The van der Waals surface area contributed by atoms with Crippen LogP contribution >= 0.6 is 11.3 Å². The molecule has 0 spiro atoms. The second-order valence-electron chi connectivity index (χ2n) is 12.1. The molecule has 4 heterocycles. The SMILES string of the molecule is c1ccc(-c2cc(-c3ccccc3)nc(-n3c4cc5c(cc4c4cc6ccn(-c7ccccc7)c6cc43)sc3ccccc35)c2)cc1. The lowest BCUT2D eigenvalue weighted by Gasteiger charge is -2.13. The molecule has 6 aromatic carbocycles. The zero-order valence-electron chi connectivity index (χ0n) is 25.3. The summed E-state index contributed by atoms with van der Waals surface area (Å²) in [5.74, 6) is 0.904. The van der Waals surface area contributed by atoms with Crippen molar-refractivity contribution in [3.8, 4) is 33.9 Å². The topological polar surface area (TPSA) is 22.8 Å². The summed E-state index contributed by atoms with van der Waals surface area (Å²) in [4.78, 5) is 5.41. The molecule has 0 aliphatic carbocycles. The van der Waals surface area contributed by atoms with Crippen LogP contribution in [-0.2, 0) is 0 Å². The molecule has 0 bridgehead atoms. The fraction of sp³-hybridized carbons (Fsp3) is 0. The summed E-state index contributed by atoms with van der Waals surface area (Å²) < 4.78 is 7.28. The van der Waals surface area contributed by atoms with Crippen LogP contribution in [0.2, 0.25) is 0 Å². The Morgan fingerprint density at radius 3 is 1.94 bits per heavy atom. The molecule has 0 fully saturated rings. The first-order valence-corrected chi connectivity index (χ1v) is 16.7. The first kappa shape index (κ1) is 26.3.